The standard InChI is InChI=1S/C30H33N3O6S/c1-4-21(2)31-29(35)26(18-22-11-6-5-7-12-22)32(19-23-13-10-14-24(17-23)39-3)28(34)20-33-30(36)25-15-8-9-16-27(25)40(33,37)38/h5-17,21,26H,4,18-20H2,1-3H3,(H,31,35)/t21-,26+/m0/s1. The summed E-state index contributed by atoms with van der Waals surface area (Å²) in [5.41, 5.74) is 1.53. The predicted molar refractivity (Wildman–Crippen MR) is 150 cm³/mol. The largest absolute Gasteiger partial charge is 0.497 e. The molecule has 1 heterocycles. The summed E-state index contributed by atoms with van der Waals surface area (Å²) < 4.78 is 32.3. The van der Waals surface area contributed by atoms with Crippen molar-refractivity contribution in [2.75, 3.05) is 13.7 Å². The molecule has 2 atom stereocenters. The van der Waals surface area contributed by atoms with Gasteiger partial charge in [0.25, 0.3) is 15.9 Å². The molecule has 10 heteroatoms. The minimum absolute atomic E-state index is 0.00349. The van der Waals surface area contributed by atoms with Crippen LogP contribution in [0, 0.1) is 0 Å². The topological polar surface area (TPSA) is 113 Å². The molecule has 1 aliphatic rings. The molecule has 0 bridgehead atoms. The summed E-state index contributed by atoms with van der Waals surface area (Å²) in [6, 6.07) is 21.1. The van der Waals surface area contributed by atoms with Crippen molar-refractivity contribution >= 4 is 27.7 Å². The van der Waals surface area contributed by atoms with Crippen LogP contribution in [0.2, 0.25) is 0 Å². The molecule has 0 fully saturated rings. The number of ether oxygens (including phenoxy) is 1. The zero-order chi connectivity index (χ0) is 28.9. The number of fused-ring (bicyclic) bond motifs is 1. The molecule has 0 radical (unpaired) electrons. The van der Waals surface area contributed by atoms with Crippen molar-refractivity contribution in [1.82, 2.24) is 14.5 Å². The van der Waals surface area contributed by atoms with Gasteiger partial charge in [-0.25, -0.2) is 12.7 Å². The molecule has 40 heavy (non-hydrogen) atoms. The smallest absolute Gasteiger partial charge is 0.269 e. The highest BCUT2D eigenvalue weighted by molar-refractivity contribution is 7.90. The first-order chi connectivity index (χ1) is 19.1. The Bertz CT molecular complexity index is 1490. The predicted octanol–water partition coefficient (Wildman–Crippen LogP) is 3.39. The summed E-state index contributed by atoms with van der Waals surface area (Å²) in [6.07, 6.45) is 0.881. The second-order valence-electron chi connectivity index (χ2n) is 9.71. The van der Waals surface area contributed by atoms with Crippen LogP contribution < -0.4 is 10.1 Å². The highest BCUT2D eigenvalue weighted by Gasteiger charge is 2.43. The Morgan fingerprint density at radius 3 is 2.33 bits per heavy atom. The molecular weight excluding hydrogens is 530 g/mol. The van der Waals surface area contributed by atoms with Crippen molar-refractivity contribution in [1.29, 1.82) is 0 Å². The van der Waals surface area contributed by atoms with Gasteiger partial charge in [0.2, 0.25) is 11.8 Å². The SMILES string of the molecule is CC[C@H](C)NC(=O)[C@@H](Cc1ccccc1)N(Cc1cccc(OC)c1)C(=O)CN1C(=O)c2ccccc2S1(=O)=O. The lowest BCUT2D eigenvalue weighted by Crippen LogP contribution is -2.54. The highest BCUT2D eigenvalue weighted by atomic mass is 32.2. The summed E-state index contributed by atoms with van der Waals surface area (Å²) in [5, 5.41) is 2.97. The third-order valence-corrected chi connectivity index (χ3v) is 8.74. The fraction of sp³-hybridized carbons (Fsp3) is 0.300. The molecule has 1 N–H and O–H groups in total. The Morgan fingerprint density at radius 2 is 1.65 bits per heavy atom. The number of benzene rings is 3. The molecule has 0 spiro atoms. The number of rotatable bonds is 11. The molecular formula is C30H33N3O6S. The van der Waals surface area contributed by atoms with Crippen molar-refractivity contribution in [2.24, 2.45) is 0 Å². The Morgan fingerprint density at radius 1 is 0.975 bits per heavy atom. The van der Waals surface area contributed by atoms with Crippen LogP contribution in [0.3, 0.4) is 0 Å². The number of nitrogens with zero attached hydrogens (tertiary/aromatic N) is 2. The van der Waals surface area contributed by atoms with Gasteiger partial charge in [-0.15, -0.1) is 0 Å². The molecule has 1 aliphatic heterocycles. The van der Waals surface area contributed by atoms with Crippen LogP contribution >= 0.6 is 0 Å². The maximum absolute atomic E-state index is 14.0. The van der Waals surface area contributed by atoms with Crippen molar-refractivity contribution in [3.05, 3.63) is 95.6 Å². The van der Waals surface area contributed by atoms with Gasteiger partial charge in [0.15, 0.2) is 0 Å². The maximum Gasteiger partial charge on any atom is 0.269 e. The molecule has 4 rings (SSSR count). The molecule has 0 saturated heterocycles. The number of sulfonamides is 1. The van der Waals surface area contributed by atoms with Gasteiger partial charge < -0.3 is 15.0 Å². The average Bonchev–Trinajstić information content (AvgIpc) is 3.15. The van der Waals surface area contributed by atoms with Crippen LogP contribution in [0.25, 0.3) is 0 Å². The van der Waals surface area contributed by atoms with Gasteiger partial charge in [0.1, 0.15) is 23.2 Å². The Kier molecular flexibility index (Phi) is 8.89. The first-order valence-corrected chi connectivity index (χ1v) is 14.5. The number of amides is 3. The van der Waals surface area contributed by atoms with Crippen LogP contribution in [0.5, 0.6) is 5.75 Å². The zero-order valence-electron chi connectivity index (χ0n) is 22.7. The minimum atomic E-state index is -4.22. The van der Waals surface area contributed by atoms with Gasteiger partial charge in [-0.1, -0.05) is 61.5 Å². The van der Waals surface area contributed by atoms with Gasteiger partial charge in [0, 0.05) is 19.0 Å². The Labute approximate surface area is 234 Å². The number of nitrogens with one attached hydrogen (secondary N) is 1. The summed E-state index contributed by atoms with van der Waals surface area (Å²) in [4.78, 5) is 41.9. The van der Waals surface area contributed by atoms with Crippen molar-refractivity contribution < 1.29 is 27.5 Å². The third-order valence-electron chi connectivity index (χ3n) is 6.95. The fourth-order valence-corrected chi connectivity index (χ4v) is 6.08. The van der Waals surface area contributed by atoms with E-state index in [1.165, 1.54) is 30.2 Å². The van der Waals surface area contributed by atoms with E-state index in [0.29, 0.717) is 22.0 Å². The molecule has 210 valence electrons. The number of hydrogen-bond donors (Lipinski definition) is 1. The third kappa shape index (κ3) is 6.17. The van der Waals surface area contributed by atoms with E-state index in [1.54, 1.807) is 30.3 Å². The van der Waals surface area contributed by atoms with E-state index < -0.39 is 34.4 Å². The van der Waals surface area contributed by atoms with E-state index in [-0.39, 0.29) is 35.4 Å². The first-order valence-electron chi connectivity index (χ1n) is 13.1. The number of methoxy groups -OCH3 is 1. The van der Waals surface area contributed by atoms with E-state index in [4.69, 9.17) is 4.74 Å². The summed E-state index contributed by atoms with van der Waals surface area (Å²) in [5.74, 6) is -1.24. The van der Waals surface area contributed by atoms with Gasteiger partial charge in [-0.2, -0.15) is 0 Å². The highest BCUT2D eigenvalue weighted by Crippen LogP contribution is 2.30. The van der Waals surface area contributed by atoms with Crippen LogP contribution in [0.15, 0.2) is 83.8 Å². The average molecular weight is 564 g/mol. The van der Waals surface area contributed by atoms with E-state index >= 15 is 0 Å². The lowest BCUT2D eigenvalue weighted by Gasteiger charge is -2.33. The number of hydrogen-bond acceptors (Lipinski definition) is 6. The molecule has 0 saturated carbocycles. The van der Waals surface area contributed by atoms with Crippen molar-refractivity contribution in [3.8, 4) is 5.75 Å². The van der Waals surface area contributed by atoms with Crippen LogP contribution in [0.4, 0.5) is 0 Å². The molecule has 9 nitrogen and oxygen atoms in total. The van der Waals surface area contributed by atoms with Gasteiger partial charge >= 0.3 is 0 Å². The Hall–Kier alpha value is -4.18. The monoisotopic (exact) mass is 563 g/mol. The summed E-state index contributed by atoms with van der Waals surface area (Å²) in [7, 11) is -2.69. The van der Waals surface area contributed by atoms with Crippen LogP contribution in [0.1, 0.15) is 41.8 Å². The molecule has 0 aromatic heterocycles. The zero-order valence-corrected chi connectivity index (χ0v) is 23.6. The first kappa shape index (κ1) is 28.8. The van der Waals surface area contributed by atoms with Gasteiger partial charge in [-0.3, -0.25) is 14.4 Å². The normalized spacial score (nSPS) is 15.2. The lowest BCUT2D eigenvalue weighted by atomic mass is 10.0. The molecule has 3 aromatic carbocycles. The van der Waals surface area contributed by atoms with E-state index in [1.807, 2.05) is 44.2 Å². The maximum atomic E-state index is 14.0. The van der Waals surface area contributed by atoms with Crippen molar-refractivity contribution in [3.63, 3.8) is 0 Å². The molecule has 3 aromatic rings. The van der Waals surface area contributed by atoms with Crippen LogP contribution in [-0.4, -0.2) is 61.1 Å². The number of carbonyl (C=O) groups excluding carboxylic acids is 3. The Balaban J connectivity index is 1.73. The van der Waals surface area contributed by atoms with E-state index in [0.717, 1.165) is 5.56 Å². The molecule has 3 amide bonds. The van der Waals surface area contributed by atoms with E-state index in [2.05, 4.69) is 5.32 Å². The lowest BCUT2D eigenvalue weighted by molar-refractivity contribution is -0.141. The fourth-order valence-electron chi connectivity index (χ4n) is 4.56. The second-order valence-corrected chi connectivity index (χ2v) is 11.5. The van der Waals surface area contributed by atoms with E-state index in [9.17, 15) is 22.8 Å². The molecule has 0 aliphatic carbocycles. The van der Waals surface area contributed by atoms with Crippen LogP contribution in [-0.2, 0) is 32.6 Å². The summed E-state index contributed by atoms with van der Waals surface area (Å²) >= 11 is 0. The molecule has 0 unspecified atom stereocenters. The minimum Gasteiger partial charge on any atom is -0.497 e. The quantitative estimate of drug-likeness (QED) is 0.383. The summed E-state index contributed by atoms with van der Waals surface area (Å²) in [6.45, 7) is 3.08. The van der Waals surface area contributed by atoms with Gasteiger partial charge in [0.05, 0.1) is 12.7 Å². The van der Waals surface area contributed by atoms with Crippen molar-refractivity contribution in [2.45, 2.75) is 50.2 Å². The second kappa shape index (κ2) is 12.3. The number of carbonyl (C=O) groups is 3. The van der Waals surface area contributed by atoms with Gasteiger partial charge in [-0.05, 0) is 48.7 Å².